The van der Waals surface area contributed by atoms with Gasteiger partial charge in [0.25, 0.3) is 0 Å². The van der Waals surface area contributed by atoms with Crippen LogP contribution < -0.4 is 10.6 Å². The van der Waals surface area contributed by atoms with Crippen LogP contribution in [0.1, 0.15) is 17.1 Å². The molecule has 1 aromatic carbocycles. The van der Waals surface area contributed by atoms with Gasteiger partial charge in [-0.1, -0.05) is 24.3 Å². The third kappa shape index (κ3) is 2.62. The van der Waals surface area contributed by atoms with Crippen LogP contribution in [0.5, 0.6) is 0 Å². The van der Waals surface area contributed by atoms with E-state index in [2.05, 4.69) is 22.0 Å². The van der Waals surface area contributed by atoms with Crippen LogP contribution in [0.25, 0.3) is 10.8 Å². The fraction of sp³-hybridized carbons (Fsp3) is 0.235. The molecule has 2 aromatic heterocycles. The van der Waals surface area contributed by atoms with Crippen molar-refractivity contribution in [3.63, 3.8) is 0 Å². The molecule has 4 heteroatoms. The Hall–Kier alpha value is -2.33. The first-order valence-electron chi connectivity index (χ1n) is 7.02. The average molecular weight is 281 g/mol. The van der Waals surface area contributed by atoms with Crippen LogP contribution in [0.15, 0.2) is 47.0 Å². The van der Waals surface area contributed by atoms with Crippen LogP contribution in [0.3, 0.4) is 0 Å². The van der Waals surface area contributed by atoms with E-state index in [0.29, 0.717) is 13.1 Å². The summed E-state index contributed by atoms with van der Waals surface area (Å²) < 4.78 is 5.64. The van der Waals surface area contributed by atoms with Crippen molar-refractivity contribution < 1.29 is 4.42 Å². The largest absolute Gasteiger partial charge is 0.464 e. The second-order valence-corrected chi connectivity index (χ2v) is 5.23. The zero-order valence-electron chi connectivity index (χ0n) is 12.3. The maximum absolute atomic E-state index is 5.80. The number of nitrogens with two attached hydrogens (primary N) is 1. The number of aryl methyl sites for hydroxylation is 1. The first-order chi connectivity index (χ1) is 10.2. The van der Waals surface area contributed by atoms with E-state index in [4.69, 9.17) is 10.2 Å². The van der Waals surface area contributed by atoms with Crippen LogP contribution in [0.4, 0.5) is 5.82 Å². The number of rotatable bonds is 4. The first-order valence-corrected chi connectivity index (χ1v) is 7.02. The number of hydrogen-bond donors (Lipinski definition) is 1. The third-order valence-corrected chi connectivity index (χ3v) is 3.63. The van der Waals surface area contributed by atoms with Gasteiger partial charge in [0.1, 0.15) is 17.3 Å². The van der Waals surface area contributed by atoms with Crippen molar-refractivity contribution in [3.8, 4) is 0 Å². The molecule has 108 valence electrons. The van der Waals surface area contributed by atoms with E-state index in [9.17, 15) is 0 Å². The van der Waals surface area contributed by atoms with Crippen LogP contribution in [-0.4, -0.2) is 12.0 Å². The number of nitrogens with zero attached hydrogens (tertiary/aromatic N) is 2. The van der Waals surface area contributed by atoms with Crippen molar-refractivity contribution in [2.75, 3.05) is 11.9 Å². The van der Waals surface area contributed by atoms with E-state index in [1.54, 1.807) is 0 Å². The van der Waals surface area contributed by atoms with Gasteiger partial charge in [0.15, 0.2) is 0 Å². The Labute approximate surface area is 124 Å². The van der Waals surface area contributed by atoms with Gasteiger partial charge in [-0.05, 0) is 30.0 Å². The van der Waals surface area contributed by atoms with E-state index in [0.717, 1.165) is 33.7 Å². The maximum Gasteiger partial charge on any atom is 0.136 e. The lowest BCUT2D eigenvalue weighted by atomic mass is 10.1. The summed E-state index contributed by atoms with van der Waals surface area (Å²) in [4.78, 5) is 6.68. The first kappa shape index (κ1) is 13.6. The number of benzene rings is 1. The molecule has 2 N–H and O–H groups in total. The van der Waals surface area contributed by atoms with Crippen molar-refractivity contribution in [2.24, 2.45) is 5.73 Å². The smallest absolute Gasteiger partial charge is 0.136 e. The van der Waals surface area contributed by atoms with Gasteiger partial charge in [-0.25, -0.2) is 4.98 Å². The molecule has 3 rings (SSSR count). The van der Waals surface area contributed by atoms with E-state index in [1.807, 2.05) is 44.4 Å². The SMILES string of the molecule is Cc1ccc(CN(C)c2ncc(CN)c3ccccc23)o1. The highest BCUT2D eigenvalue weighted by Crippen LogP contribution is 2.27. The van der Waals surface area contributed by atoms with Gasteiger partial charge >= 0.3 is 0 Å². The maximum atomic E-state index is 5.80. The highest BCUT2D eigenvalue weighted by Gasteiger charge is 2.12. The fourth-order valence-corrected chi connectivity index (χ4v) is 2.58. The van der Waals surface area contributed by atoms with E-state index < -0.39 is 0 Å². The van der Waals surface area contributed by atoms with Crippen LogP contribution in [0, 0.1) is 6.92 Å². The zero-order valence-corrected chi connectivity index (χ0v) is 12.3. The van der Waals surface area contributed by atoms with Crippen molar-refractivity contribution in [3.05, 3.63) is 59.7 Å². The van der Waals surface area contributed by atoms with Gasteiger partial charge in [-0.3, -0.25) is 0 Å². The van der Waals surface area contributed by atoms with E-state index in [1.165, 1.54) is 0 Å². The Morgan fingerprint density at radius 3 is 2.57 bits per heavy atom. The number of hydrogen-bond acceptors (Lipinski definition) is 4. The predicted molar refractivity (Wildman–Crippen MR) is 85.2 cm³/mol. The molecular weight excluding hydrogens is 262 g/mol. The summed E-state index contributed by atoms with van der Waals surface area (Å²) in [6, 6.07) is 12.2. The molecule has 0 bridgehead atoms. The van der Waals surface area contributed by atoms with Gasteiger partial charge in [0, 0.05) is 25.2 Å². The zero-order chi connectivity index (χ0) is 14.8. The number of aromatic nitrogens is 1. The molecule has 0 aliphatic rings. The van der Waals surface area contributed by atoms with Crippen molar-refractivity contribution in [2.45, 2.75) is 20.0 Å². The Kier molecular flexibility index (Phi) is 3.62. The Balaban J connectivity index is 2.00. The minimum Gasteiger partial charge on any atom is -0.464 e. The molecule has 0 fully saturated rings. The second kappa shape index (κ2) is 5.58. The predicted octanol–water partition coefficient (Wildman–Crippen LogP) is 3.23. The topological polar surface area (TPSA) is 55.3 Å². The van der Waals surface area contributed by atoms with Crippen LogP contribution in [-0.2, 0) is 13.1 Å². The summed E-state index contributed by atoms with van der Waals surface area (Å²) in [6.07, 6.45) is 1.86. The van der Waals surface area contributed by atoms with Gasteiger partial charge < -0.3 is 15.1 Å². The molecule has 4 nitrogen and oxygen atoms in total. The number of furan rings is 1. The highest BCUT2D eigenvalue weighted by molar-refractivity contribution is 5.94. The monoisotopic (exact) mass is 281 g/mol. The van der Waals surface area contributed by atoms with Gasteiger partial charge in [-0.2, -0.15) is 0 Å². The normalized spacial score (nSPS) is 11.0. The molecule has 0 saturated carbocycles. The third-order valence-electron chi connectivity index (χ3n) is 3.63. The lowest BCUT2D eigenvalue weighted by Gasteiger charge is -2.19. The lowest BCUT2D eigenvalue weighted by molar-refractivity contribution is 0.481. The quantitative estimate of drug-likeness (QED) is 0.797. The molecule has 0 aliphatic heterocycles. The number of fused-ring (bicyclic) bond motifs is 1. The van der Waals surface area contributed by atoms with Crippen LogP contribution in [0.2, 0.25) is 0 Å². The van der Waals surface area contributed by atoms with Crippen molar-refractivity contribution in [1.29, 1.82) is 0 Å². The Morgan fingerprint density at radius 1 is 1.14 bits per heavy atom. The highest BCUT2D eigenvalue weighted by atomic mass is 16.3. The fourth-order valence-electron chi connectivity index (χ4n) is 2.58. The lowest BCUT2D eigenvalue weighted by Crippen LogP contribution is -2.18. The molecule has 0 atom stereocenters. The van der Waals surface area contributed by atoms with Gasteiger partial charge in [0.2, 0.25) is 0 Å². The summed E-state index contributed by atoms with van der Waals surface area (Å²) in [6.45, 7) is 3.13. The molecule has 0 unspecified atom stereocenters. The molecule has 21 heavy (non-hydrogen) atoms. The molecule has 0 aliphatic carbocycles. The molecule has 3 aromatic rings. The minimum absolute atomic E-state index is 0.495. The summed E-state index contributed by atoms with van der Waals surface area (Å²) in [7, 11) is 2.02. The summed E-state index contributed by atoms with van der Waals surface area (Å²) in [5.41, 5.74) is 6.87. The molecule has 0 spiro atoms. The minimum atomic E-state index is 0.495. The Morgan fingerprint density at radius 2 is 1.90 bits per heavy atom. The van der Waals surface area contributed by atoms with Crippen LogP contribution >= 0.6 is 0 Å². The van der Waals surface area contributed by atoms with Crippen molar-refractivity contribution in [1.82, 2.24) is 4.98 Å². The summed E-state index contributed by atoms with van der Waals surface area (Å²) in [5.74, 6) is 2.80. The molecule has 0 radical (unpaired) electrons. The molecular formula is C17H19N3O. The second-order valence-electron chi connectivity index (χ2n) is 5.23. The number of anilines is 1. The van der Waals surface area contributed by atoms with Gasteiger partial charge in [-0.15, -0.1) is 0 Å². The Bertz CT molecular complexity index is 764. The van der Waals surface area contributed by atoms with E-state index in [-0.39, 0.29) is 0 Å². The molecule has 2 heterocycles. The van der Waals surface area contributed by atoms with Gasteiger partial charge in [0.05, 0.1) is 6.54 Å². The summed E-state index contributed by atoms with van der Waals surface area (Å²) in [5, 5.41) is 2.28. The molecule has 0 saturated heterocycles. The summed E-state index contributed by atoms with van der Waals surface area (Å²) >= 11 is 0. The average Bonchev–Trinajstić information content (AvgIpc) is 2.91. The van der Waals surface area contributed by atoms with Crippen molar-refractivity contribution >= 4 is 16.6 Å². The number of pyridine rings is 1. The molecule has 0 amide bonds. The van der Waals surface area contributed by atoms with E-state index >= 15 is 0 Å². The standard InChI is InChI=1S/C17H19N3O/c1-12-7-8-14(21-12)11-20(2)17-16-6-4-3-5-15(16)13(9-18)10-19-17/h3-8,10H,9,11,18H2,1-2H3.